The van der Waals surface area contributed by atoms with Crippen molar-refractivity contribution in [2.24, 2.45) is 0 Å². The normalized spacial score (nSPS) is 11.8. The van der Waals surface area contributed by atoms with Crippen LogP contribution < -0.4 is 0 Å². The van der Waals surface area contributed by atoms with Crippen molar-refractivity contribution in [1.29, 1.82) is 0 Å². The molecule has 0 aliphatic rings. The van der Waals surface area contributed by atoms with Crippen molar-refractivity contribution in [3.05, 3.63) is 127 Å². The van der Waals surface area contributed by atoms with E-state index in [0.29, 0.717) is 0 Å². The molecule has 3 aromatic heterocycles. The quantitative estimate of drug-likeness (QED) is 0.242. The van der Waals surface area contributed by atoms with Crippen LogP contribution in [0.2, 0.25) is 0 Å². The lowest BCUT2D eigenvalue weighted by Gasteiger charge is -2.11. The SMILES string of the molecule is c1ccc(-c2nc3ccccc3n2-c2ccc(-c3c4ccccc4n4c3sc3ccccc34)cc2)cc1. The van der Waals surface area contributed by atoms with Gasteiger partial charge >= 0.3 is 0 Å². The number of fused-ring (bicyclic) bond motifs is 6. The van der Waals surface area contributed by atoms with Crippen molar-refractivity contribution >= 4 is 48.3 Å². The van der Waals surface area contributed by atoms with Crippen LogP contribution in [0.15, 0.2) is 127 Å². The molecule has 37 heavy (non-hydrogen) atoms. The molecule has 0 radical (unpaired) electrons. The molecule has 0 spiro atoms. The van der Waals surface area contributed by atoms with E-state index in [-0.39, 0.29) is 0 Å². The number of para-hydroxylation sites is 4. The van der Waals surface area contributed by atoms with Gasteiger partial charge in [0.15, 0.2) is 0 Å². The van der Waals surface area contributed by atoms with Crippen LogP contribution in [-0.2, 0) is 0 Å². The fourth-order valence-corrected chi connectivity index (χ4v) is 6.75. The number of imidazole rings is 1. The highest BCUT2D eigenvalue weighted by Crippen LogP contribution is 2.42. The Morgan fingerprint density at radius 3 is 2.05 bits per heavy atom. The summed E-state index contributed by atoms with van der Waals surface area (Å²) in [7, 11) is 0. The standard InChI is InChI=1S/C33H21N3S/c1-2-10-23(11-3-1)32-34-26-13-5-7-15-28(26)35(32)24-20-18-22(19-21-24)31-25-12-4-6-14-27(25)36-29-16-8-9-17-30(29)37-33(31)36/h1-21H. The van der Waals surface area contributed by atoms with Gasteiger partial charge in [0, 0.05) is 22.2 Å². The van der Waals surface area contributed by atoms with Gasteiger partial charge < -0.3 is 0 Å². The second-order valence-corrected chi connectivity index (χ2v) is 10.3. The maximum absolute atomic E-state index is 5.00. The predicted molar refractivity (Wildman–Crippen MR) is 156 cm³/mol. The minimum absolute atomic E-state index is 0.954. The third-order valence-corrected chi connectivity index (χ3v) is 8.30. The Morgan fingerprint density at radius 1 is 0.541 bits per heavy atom. The Bertz CT molecular complexity index is 2080. The van der Waals surface area contributed by atoms with Crippen LogP contribution in [0.4, 0.5) is 0 Å². The van der Waals surface area contributed by atoms with Gasteiger partial charge in [-0.1, -0.05) is 84.9 Å². The van der Waals surface area contributed by atoms with Crippen molar-refractivity contribution in [3.8, 4) is 28.2 Å². The Kier molecular flexibility index (Phi) is 4.39. The van der Waals surface area contributed by atoms with Crippen molar-refractivity contribution in [2.75, 3.05) is 0 Å². The summed E-state index contributed by atoms with van der Waals surface area (Å²) < 4.78 is 5.98. The zero-order valence-corrected chi connectivity index (χ0v) is 20.7. The van der Waals surface area contributed by atoms with Gasteiger partial charge in [0.05, 0.1) is 26.8 Å². The van der Waals surface area contributed by atoms with E-state index in [1.165, 1.54) is 37.1 Å². The van der Waals surface area contributed by atoms with Gasteiger partial charge in [-0.15, -0.1) is 11.3 Å². The molecule has 0 aliphatic heterocycles. The zero-order chi connectivity index (χ0) is 24.3. The maximum atomic E-state index is 5.00. The molecule has 0 saturated heterocycles. The van der Waals surface area contributed by atoms with E-state index in [9.17, 15) is 0 Å². The molecule has 3 nitrogen and oxygen atoms in total. The summed E-state index contributed by atoms with van der Waals surface area (Å²) in [6.45, 7) is 0. The smallest absolute Gasteiger partial charge is 0.145 e. The first-order chi connectivity index (χ1) is 18.4. The topological polar surface area (TPSA) is 22.2 Å². The van der Waals surface area contributed by atoms with Crippen molar-refractivity contribution in [1.82, 2.24) is 14.0 Å². The average Bonchev–Trinajstić information content (AvgIpc) is 3.62. The van der Waals surface area contributed by atoms with E-state index < -0.39 is 0 Å². The summed E-state index contributed by atoms with van der Waals surface area (Å²) in [5.41, 5.74) is 9.34. The van der Waals surface area contributed by atoms with Crippen LogP contribution in [0.5, 0.6) is 0 Å². The van der Waals surface area contributed by atoms with E-state index >= 15 is 0 Å². The Hall–Kier alpha value is -4.67. The molecule has 0 amide bonds. The van der Waals surface area contributed by atoms with E-state index in [2.05, 4.69) is 124 Å². The van der Waals surface area contributed by atoms with Gasteiger partial charge in [-0.25, -0.2) is 4.98 Å². The highest BCUT2D eigenvalue weighted by Gasteiger charge is 2.19. The molecule has 0 unspecified atom stereocenters. The Labute approximate surface area is 217 Å². The highest BCUT2D eigenvalue weighted by atomic mass is 32.1. The summed E-state index contributed by atoms with van der Waals surface area (Å²) >= 11 is 1.86. The van der Waals surface area contributed by atoms with E-state index in [1.54, 1.807) is 0 Å². The fraction of sp³-hybridized carbons (Fsp3) is 0. The molecular weight excluding hydrogens is 470 g/mol. The largest absolute Gasteiger partial charge is 0.299 e. The molecule has 3 heterocycles. The number of hydrogen-bond acceptors (Lipinski definition) is 2. The molecule has 8 rings (SSSR count). The molecule has 5 aromatic carbocycles. The fourth-order valence-electron chi connectivity index (χ4n) is 5.51. The molecule has 174 valence electrons. The summed E-state index contributed by atoms with van der Waals surface area (Å²) in [4.78, 5) is 6.28. The van der Waals surface area contributed by atoms with Gasteiger partial charge in [0.1, 0.15) is 10.7 Å². The van der Waals surface area contributed by atoms with Crippen LogP contribution >= 0.6 is 11.3 Å². The second-order valence-electron chi connectivity index (χ2n) is 9.27. The number of aromatic nitrogens is 3. The number of nitrogens with zero attached hydrogens (tertiary/aromatic N) is 3. The van der Waals surface area contributed by atoms with Crippen LogP contribution in [0.3, 0.4) is 0 Å². The first kappa shape index (κ1) is 20.5. The lowest BCUT2D eigenvalue weighted by Crippen LogP contribution is -1.97. The zero-order valence-electron chi connectivity index (χ0n) is 19.9. The number of benzene rings is 5. The predicted octanol–water partition coefficient (Wildman–Crippen LogP) is 8.98. The van der Waals surface area contributed by atoms with Gasteiger partial charge in [-0.05, 0) is 48.0 Å². The summed E-state index contributed by atoms with van der Waals surface area (Å²) in [5, 5.41) is 1.28. The number of thiazole rings is 1. The first-order valence-corrected chi connectivity index (χ1v) is 13.2. The minimum Gasteiger partial charge on any atom is -0.299 e. The minimum atomic E-state index is 0.954. The first-order valence-electron chi connectivity index (χ1n) is 12.4. The molecule has 0 bridgehead atoms. The highest BCUT2D eigenvalue weighted by molar-refractivity contribution is 7.24. The van der Waals surface area contributed by atoms with Crippen LogP contribution in [0.1, 0.15) is 0 Å². The van der Waals surface area contributed by atoms with Crippen LogP contribution in [0.25, 0.3) is 65.2 Å². The van der Waals surface area contributed by atoms with Gasteiger partial charge in [0.25, 0.3) is 0 Å². The van der Waals surface area contributed by atoms with E-state index in [0.717, 1.165) is 28.1 Å². The monoisotopic (exact) mass is 491 g/mol. The van der Waals surface area contributed by atoms with Crippen molar-refractivity contribution < 1.29 is 0 Å². The molecular formula is C33H21N3S. The second kappa shape index (κ2) is 7.92. The van der Waals surface area contributed by atoms with Crippen LogP contribution in [0, 0.1) is 0 Å². The van der Waals surface area contributed by atoms with Gasteiger partial charge in [-0.3, -0.25) is 8.97 Å². The third-order valence-electron chi connectivity index (χ3n) is 7.15. The summed E-state index contributed by atoms with van der Waals surface area (Å²) in [6.07, 6.45) is 0. The Morgan fingerprint density at radius 2 is 1.22 bits per heavy atom. The molecule has 0 atom stereocenters. The molecule has 4 heteroatoms. The van der Waals surface area contributed by atoms with Crippen molar-refractivity contribution in [3.63, 3.8) is 0 Å². The molecule has 0 aliphatic carbocycles. The van der Waals surface area contributed by atoms with Crippen molar-refractivity contribution in [2.45, 2.75) is 0 Å². The van der Waals surface area contributed by atoms with E-state index in [1.807, 2.05) is 23.5 Å². The van der Waals surface area contributed by atoms with Gasteiger partial charge in [0.2, 0.25) is 0 Å². The molecule has 8 aromatic rings. The lowest BCUT2D eigenvalue weighted by molar-refractivity contribution is 1.10. The van der Waals surface area contributed by atoms with Crippen LogP contribution in [-0.4, -0.2) is 14.0 Å². The lowest BCUT2D eigenvalue weighted by atomic mass is 10.0. The number of rotatable bonds is 3. The summed E-state index contributed by atoms with van der Waals surface area (Å²) in [5.74, 6) is 0.954. The third kappa shape index (κ3) is 3.03. The number of hydrogen-bond donors (Lipinski definition) is 0. The molecule has 0 N–H and O–H groups in total. The van der Waals surface area contributed by atoms with E-state index in [4.69, 9.17) is 4.98 Å². The Balaban J connectivity index is 1.35. The molecule has 0 fully saturated rings. The summed E-state index contributed by atoms with van der Waals surface area (Å²) in [6, 6.07) is 45.1. The van der Waals surface area contributed by atoms with Gasteiger partial charge in [-0.2, -0.15) is 0 Å². The average molecular weight is 492 g/mol. The molecule has 0 saturated carbocycles. The maximum Gasteiger partial charge on any atom is 0.145 e.